The highest BCUT2D eigenvalue weighted by atomic mass is 35.5. The molecule has 2 aromatic rings. The molecule has 1 fully saturated rings. The van der Waals surface area contributed by atoms with E-state index in [1.54, 1.807) is 7.05 Å². The second-order valence-electron chi connectivity index (χ2n) is 6.12. The molecule has 1 aliphatic rings. The average molecular weight is 358 g/mol. The SMILES string of the molecule is CN=C(NCc1ccc(Cl)cc1)NCc1ccnc(N2CCCC2)c1. The van der Waals surface area contributed by atoms with Crippen LogP contribution in [-0.2, 0) is 13.1 Å². The van der Waals surface area contributed by atoms with E-state index in [4.69, 9.17) is 11.6 Å². The van der Waals surface area contributed by atoms with Gasteiger partial charge in [-0.2, -0.15) is 0 Å². The highest BCUT2D eigenvalue weighted by Crippen LogP contribution is 2.18. The average Bonchev–Trinajstić information content (AvgIpc) is 3.18. The molecule has 2 heterocycles. The van der Waals surface area contributed by atoms with E-state index in [0.29, 0.717) is 13.1 Å². The lowest BCUT2D eigenvalue weighted by Gasteiger charge is -2.17. The second kappa shape index (κ2) is 8.72. The first-order valence-electron chi connectivity index (χ1n) is 8.63. The molecular formula is C19H24ClN5. The molecule has 0 radical (unpaired) electrons. The van der Waals surface area contributed by atoms with Gasteiger partial charge in [0.05, 0.1) is 0 Å². The topological polar surface area (TPSA) is 52.6 Å². The predicted molar refractivity (Wildman–Crippen MR) is 104 cm³/mol. The van der Waals surface area contributed by atoms with Gasteiger partial charge in [0.2, 0.25) is 0 Å². The molecule has 0 aliphatic carbocycles. The summed E-state index contributed by atoms with van der Waals surface area (Å²) in [7, 11) is 1.78. The molecule has 6 heteroatoms. The normalized spacial score (nSPS) is 14.6. The smallest absolute Gasteiger partial charge is 0.191 e. The number of aromatic nitrogens is 1. The first kappa shape index (κ1) is 17.5. The number of aliphatic imine (C=N–C) groups is 1. The lowest BCUT2D eigenvalue weighted by atomic mass is 10.2. The van der Waals surface area contributed by atoms with E-state index in [1.165, 1.54) is 18.4 Å². The Hall–Kier alpha value is -2.27. The molecule has 5 nitrogen and oxygen atoms in total. The quantitative estimate of drug-likeness (QED) is 0.637. The second-order valence-corrected chi connectivity index (χ2v) is 6.56. The van der Waals surface area contributed by atoms with Crippen LogP contribution in [0.25, 0.3) is 0 Å². The van der Waals surface area contributed by atoms with Crippen molar-refractivity contribution in [1.82, 2.24) is 15.6 Å². The molecule has 0 saturated carbocycles. The fraction of sp³-hybridized carbons (Fsp3) is 0.368. The molecular weight excluding hydrogens is 334 g/mol. The predicted octanol–water partition coefficient (Wildman–Crippen LogP) is 3.20. The lowest BCUT2D eigenvalue weighted by Crippen LogP contribution is -2.36. The van der Waals surface area contributed by atoms with Crippen molar-refractivity contribution in [3.8, 4) is 0 Å². The molecule has 25 heavy (non-hydrogen) atoms. The van der Waals surface area contributed by atoms with Crippen molar-refractivity contribution < 1.29 is 0 Å². The molecule has 1 aliphatic heterocycles. The number of benzene rings is 1. The minimum absolute atomic E-state index is 0.701. The van der Waals surface area contributed by atoms with Crippen LogP contribution in [0.3, 0.4) is 0 Å². The van der Waals surface area contributed by atoms with Gasteiger partial charge >= 0.3 is 0 Å². The molecule has 3 rings (SSSR count). The highest BCUT2D eigenvalue weighted by molar-refractivity contribution is 6.30. The van der Waals surface area contributed by atoms with E-state index < -0.39 is 0 Å². The maximum atomic E-state index is 5.91. The van der Waals surface area contributed by atoms with Gasteiger partial charge < -0.3 is 15.5 Å². The van der Waals surface area contributed by atoms with Gasteiger partial charge in [0.15, 0.2) is 5.96 Å². The molecule has 0 unspecified atom stereocenters. The maximum Gasteiger partial charge on any atom is 0.191 e. The van der Waals surface area contributed by atoms with Crippen molar-refractivity contribution in [1.29, 1.82) is 0 Å². The highest BCUT2D eigenvalue weighted by Gasteiger charge is 2.13. The summed E-state index contributed by atoms with van der Waals surface area (Å²) in [5.74, 6) is 1.84. The zero-order valence-corrected chi connectivity index (χ0v) is 15.3. The van der Waals surface area contributed by atoms with Crippen LogP contribution in [0.2, 0.25) is 5.02 Å². The zero-order chi connectivity index (χ0) is 17.5. The number of halogens is 1. The molecule has 1 saturated heterocycles. The van der Waals surface area contributed by atoms with Gasteiger partial charge in [0.25, 0.3) is 0 Å². The molecule has 0 spiro atoms. The van der Waals surface area contributed by atoms with Gasteiger partial charge in [-0.1, -0.05) is 23.7 Å². The third kappa shape index (κ3) is 5.10. The van der Waals surface area contributed by atoms with Crippen molar-refractivity contribution in [3.63, 3.8) is 0 Å². The first-order chi connectivity index (χ1) is 12.2. The van der Waals surface area contributed by atoms with E-state index in [-0.39, 0.29) is 0 Å². The fourth-order valence-electron chi connectivity index (χ4n) is 2.88. The summed E-state index contributed by atoms with van der Waals surface area (Å²) in [6.07, 6.45) is 4.39. The van der Waals surface area contributed by atoms with Gasteiger partial charge in [0.1, 0.15) is 5.82 Å². The van der Waals surface area contributed by atoms with Gasteiger partial charge in [-0.25, -0.2) is 4.98 Å². The Morgan fingerprint density at radius 2 is 1.76 bits per heavy atom. The molecule has 1 aromatic heterocycles. The van der Waals surface area contributed by atoms with Crippen LogP contribution in [-0.4, -0.2) is 31.1 Å². The monoisotopic (exact) mass is 357 g/mol. The summed E-state index contributed by atoms with van der Waals surface area (Å²) >= 11 is 5.91. The van der Waals surface area contributed by atoms with E-state index in [0.717, 1.165) is 35.5 Å². The molecule has 132 valence electrons. The van der Waals surface area contributed by atoms with Crippen molar-refractivity contribution in [2.45, 2.75) is 25.9 Å². The summed E-state index contributed by atoms with van der Waals surface area (Å²) in [5, 5.41) is 7.41. The third-order valence-corrected chi connectivity index (χ3v) is 4.55. The summed E-state index contributed by atoms with van der Waals surface area (Å²) in [6, 6.07) is 12.0. The van der Waals surface area contributed by atoms with E-state index in [9.17, 15) is 0 Å². The van der Waals surface area contributed by atoms with Crippen molar-refractivity contribution in [2.75, 3.05) is 25.0 Å². The van der Waals surface area contributed by atoms with Gasteiger partial charge in [-0.3, -0.25) is 4.99 Å². The van der Waals surface area contributed by atoms with E-state index >= 15 is 0 Å². The summed E-state index contributed by atoms with van der Waals surface area (Å²) < 4.78 is 0. The Kier molecular flexibility index (Phi) is 6.12. The maximum absolute atomic E-state index is 5.91. The molecule has 1 aromatic carbocycles. The fourth-order valence-corrected chi connectivity index (χ4v) is 3.01. The summed E-state index contributed by atoms with van der Waals surface area (Å²) in [5.41, 5.74) is 2.36. The van der Waals surface area contributed by atoms with Crippen molar-refractivity contribution >= 4 is 23.4 Å². The Balaban J connectivity index is 1.52. The van der Waals surface area contributed by atoms with Crippen molar-refractivity contribution in [3.05, 3.63) is 58.7 Å². The Bertz CT molecular complexity index is 708. The van der Waals surface area contributed by atoms with E-state index in [2.05, 4.69) is 31.6 Å². The molecule has 0 atom stereocenters. The van der Waals surface area contributed by atoms with Crippen LogP contribution in [0.1, 0.15) is 24.0 Å². The number of pyridine rings is 1. The number of nitrogens with one attached hydrogen (secondary N) is 2. The first-order valence-corrected chi connectivity index (χ1v) is 9.01. The molecule has 2 N–H and O–H groups in total. The molecule has 0 amide bonds. The standard InChI is InChI=1S/C19H24ClN5/c1-21-19(23-13-15-4-6-17(20)7-5-15)24-14-16-8-9-22-18(12-16)25-10-2-3-11-25/h4-9,12H,2-3,10-11,13-14H2,1H3,(H2,21,23,24). The lowest BCUT2D eigenvalue weighted by molar-refractivity contribution is 0.807. The largest absolute Gasteiger partial charge is 0.357 e. The third-order valence-electron chi connectivity index (χ3n) is 4.30. The number of nitrogens with zero attached hydrogens (tertiary/aromatic N) is 3. The number of hydrogen-bond acceptors (Lipinski definition) is 3. The summed E-state index contributed by atoms with van der Waals surface area (Å²) in [4.78, 5) is 11.1. The van der Waals surface area contributed by atoms with Crippen molar-refractivity contribution in [2.24, 2.45) is 4.99 Å². The van der Waals surface area contributed by atoms with Crippen LogP contribution in [0, 0.1) is 0 Å². The van der Waals surface area contributed by atoms with Gasteiger partial charge in [0, 0.05) is 44.4 Å². The summed E-state index contributed by atoms with van der Waals surface area (Å²) in [6.45, 7) is 3.62. The Morgan fingerprint density at radius 3 is 2.44 bits per heavy atom. The number of guanidine groups is 1. The number of anilines is 1. The van der Waals surface area contributed by atoms with Crippen LogP contribution in [0.4, 0.5) is 5.82 Å². The minimum Gasteiger partial charge on any atom is -0.357 e. The van der Waals surface area contributed by atoms with Crippen LogP contribution in [0.15, 0.2) is 47.6 Å². The van der Waals surface area contributed by atoms with Gasteiger partial charge in [-0.15, -0.1) is 0 Å². The Morgan fingerprint density at radius 1 is 1.08 bits per heavy atom. The van der Waals surface area contributed by atoms with Gasteiger partial charge in [-0.05, 0) is 48.2 Å². The van der Waals surface area contributed by atoms with Crippen LogP contribution in [0.5, 0.6) is 0 Å². The van der Waals surface area contributed by atoms with E-state index in [1.807, 2.05) is 36.5 Å². The Labute approximate surface area is 154 Å². The van der Waals surface area contributed by atoms with Crippen LogP contribution >= 0.6 is 11.6 Å². The molecule has 0 bridgehead atoms. The zero-order valence-electron chi connectivity index (χ0n) is 14.5. The number of hydrogen-bond donors (Lipinski definition) is 2. The minimum atomic E-state index is 0.701. The van der Waals surface area contributed by atoms with Crippen LogP contribution < -0.4 is 15.5 Å². The number of rotatable bonds is 5.